The lowest BCUT2D eigenvalue weighted by Gasteiger charge is -2.36. The SMILES string of the molecule is O=C(c1ccccc1OCc1ccccc1Br)N1CCC(CN2CCOCC2)CC1. The standard InChI is InChI=1S/C24H29BrN2O3/c25-22-7-3-1-5-20(22)18-30-23-8-4-2-6-21(23)24(28)27-11-9-19(10-12-27)17-26-13-15-29-16-14-26/h1-8,19H,9-18H2. The van der Waals surface area contributed by atoms with Crippen LogP contribution in [0.5, 0.6) is 5.75 Å². The van der Waals surface area contributed by atoms with Gasteiger partial charge < -0.3 is 14.4 Å². The maximum atomic E-state index is 13.2. The van der Waals surface area contributed by atoms with Gasteiger partial charge >= 0.3 is 0 Å². The van der Waals surface area contributed by atoms with Gasteiger partial charge in [-0.05, 0) is 37.0 Å². The predicted octanol–water partition coefficient (Wildman–Crippen LogP) is 4.21. The second kappa shape index (κ2) is 10.4. The third kappa shape index (κ3) is 5.42. The molecule has 0 atom stereocenters. The van der Waals surface area contributed by atoms with Gasteiger partial charge in [-0.25, -0.2) is 0 Å². The Labute approximate surface area is 187 Å². The molecular formula is C24H29BrN2O3. The van der Waals surface area contributed by atoms with Crippen LogP contribution in [0.25, 0.3) is 0 Å². The lowest BCUT2D eigenvalue weighted by atomic mass is 9.95. The minimum Gasteiger partial charge on any atom is -0.488 e. The molecule has 2 heterocycles. The van der Waals surface area contributed by atoms with E-state index >= 15 is 0 Å². The van der Waals surface area contributed by atoms with Crippen LogP contribution in [0.3, 0.4) is 0 Å². The second-order valence-corrected chi connectivity index (χ2v) is 8.88. The van der Waals surface area contributed by atoms with E-state index in [1.54, 1.807) is 0 Å². The van der Waals surface area contributed by atoms with Gasteiger partial charge in [0, 0.05) is 42.8 Å². The molecule has 2 aromatic carbocycles. The molecule has 0 unspecified atom stereocenters. The van der Waals surface area contributed by atoms with Crippen LogP contribution < -0.4 is 4.74 Å². The van der Waals surface area contributed by atoms with Gasteiger partial charge in [0.2, 0.25) is 0 Å². The molecule has 4 rings (SSSR count). The molecule has 160 valence electrons. The number of carbonyl (C=O) groups excluding carboxylic acids is 1. The zero-order valence-corrected chi connectivity index (χ0v) is 18.9. The monoisotopic (exact) mass is 472 g/mol. The number of amides is 1. The molecular weight excluding hydrogens is 444 g/mol. The summed E-state index contributed by atoms with van der Waals surface area (Å²) >= 11 is 3.56. The number of benzene rings is 2. The van der Waals surface area contributed by atoms with Crippen molar-refractivity contribution in [3.8, 4) is 5.75 Å². The minimum absolute atomic E-state index is 0.0718. The molecule has 30 heavy (non-hydrogen) atoms. The first kappa shape index (κ1) is 21.3. The van der Waals surface area contributed by atoms with Crippen LogP contribution in [0.4, 0.5) is 0 Å². The van der Waals surface area contributed by atoms with E-state index in [9.17, 15) is 4.79 Å². The van der Waals surface area contributed by atoms with Crippen LogP contribution in [-0.2, 0) is 11.3 Å². The molecule has 0 aromatic heterocycles. The summed E-state index contributed by atoms with van der Waals surface area (Å²) in [5.41, 5.74) is 1.71. The Balaban J connectivity index is 1.34. The molecule has 1 amide bonds. The number of halogens is 1. The first-order valence-electron chi connectivity index (χ1n) is 10.8. The van der Waals surface area contributed by atoms with Gasteiger partial charge in [0.25, 0.3) is 5.91 Å². The molecule has 0 radical (unpaired) electrons. The van der Waals surface area contributed by atoms with E-state index in [1.165, 1.54) is 0 Å². The van der Waals surface area contributed by atoms with Crippen LogP contribution in [-0.4, -0.2) is 61.6 Å². The Morgan fingerprint density at radius 1 is 1.00 bits per heavy atom. The number of carbonyl (C=O) groups is 1. The summed E-state index contributed by atoms with van der Waals surface area (Å²) in [6.07, 6.45) is 2.12. The van der Waals surface area contributed by atoms with Crippen LogP contribution >= 0.6 is 15.9 Å². The van der Waals surface area contributed by atoms with Gasteiger partial charge in [0.1, 0.15) is 12.4 Å². The van der Waals surface area contributed by atoms with Gasteiger partial charge in [-0.2, -0.15) is 0 Å². The van der Waals surface area contributed by atoms with E-state index in [4.69, 9.17) is 9.47 Å². The summed E-state index contributed by atoms with van der Waals surface area (Å²) in [6.45, 7) is 6.91. The zero-order chi connectivity index (χ0) is 20.8. The molecule has 2 saturated heterocycles. The van der Waals surface area contributed by atoms with Gasteiger partial charge in [-0.1, -0.05) is 46.3 Å². The van der Waals surface area contributed by atoms with Gasteiger partial charge in [0.05, 0.1) is 18.8 Å². The van der Waals surface area contributed by atoms with Crippen molar-refractivity contribution in [2.75, 3.05) is 45.9 Å². The minimum atomic E-state index is 0.0718. The number of morpholine rings is 1. The van der Waals surface area contributed by atoms with Crippen molar-refractivity contribution in [3.63, 3.8) is 0 Å². The Morgan fingerprint density at radius 2 is 1.70 bits per heavy atom. The van der Waals surface area contributed by atoms with Crippen molar-refractivity contribution in [3.05, 3.63) is 64.1 Å². The van der Waals surface area contributed by atoms with E-state index in [1.807, 2.05) is 53.4 Å². The second-order valence-electron chi connectivity index (χ2n) is 8.02. The van der Waals surface area contributed by atoms with Gasteiger partial charge in [-0.15, -0.1) is 0 Å². The summed E-state index contributed by atoms with van der Waals surface area (Å²) in [7, 11) is 0. The largest absolute Gasteiger partial charge is 0.488 e. The molecule has 0 N–H and O–H groups in total. The molecule has 0 saturated carbocycles. The maximum Gasteiger partial charge on any atom is 0.257 e. The summed E-state index contributed by atoms with van der Waals surface area (Å²) in [5, 5.41) is 0. The first-order chi connectivity index (χ1) is 14.7. The highest BCUT2D eigenvalue weighted by Crippen LogP contribution is 2.26. The van der Waals surface area contributed by atoms with E-state index in [-0.39, 0.29) is 5.91 Å². The molecule has 5 nitrogen and oxygen atoms in total. The Kier molecular flexibility index (Phi) is 7.42. The summed E-state index contributed by atoms with van der Waals surface area (Å²) < 4.78 is 12.5. The van der Waals surface area contributed by atoms with E-state index in [2.05, 4.69) is 20.8 Å². The third-order valence-electron chi connectivity index (χ3n) is 5.98. The van der Waals surface area contributed by atoms with Crippen molar-refractivity contribution in [2.24, 2.45) is 5.92 Å². The number of ether oxygens (including phenoxy) is 2. The fraction of sp³-hybridized carbons (Fsp3) is 0.458. The predicted molar refractivity (Wildman–Crippen MR) is 121 cm³/mol. The number of likely N-dealkylation sites (tertiary alicyclic amines) is 1. The quantitative estimate of drug-likeness (QED) is 0.631. The topological polar surface area (TPSA) is 42.0 Å². The van der Waals surface area contributed by atoms with E-state index < -0.39 is 0 Å². The zero-order valence-electron chi connectivity index (χ0n) is 17.3. The third-order valence-corrected chi connectivity index (χ3v) is 6.75. The normalized spacial score (nSPS) is 18.4. The number of para-hydroxylation sites is 1. The van der Waals surface area contributed by atoms with Crippen molar-refractivity contribution < 1.29 is 14.3 Å². The molecule has 2 fully saturated rings. The van der Waals surface area contributed by atoms with Crippen molar-refractivity contribution in [1.29, 1.82) is 0 Å². The number of hydrogen-bond acceptors (Lipinski definition) is 4. The fourth-order valence-corrected chi connectivity index (χ4v) is 4.58. The highest BCUT2D eigenvalue weighted by molar-refractivity contribution is 9.10. The summed E-state index contributed by atoms with van der Waals surface area (Å²) in [6, 6.07) is 15.6. The smallest absolute Gasteiger partial charge is 0.257 e. The number of nitrogens with zero attached hydrogens (tertiary/aromatic N) is 2. The van der Waals surface area contributed by atoms with Crippen LogP contribution in [0, 0.1) is 5.92 Å². The Morgan fingerprint density at radius 3 is 2.47 bits per heavy atom. The fourth-order valence-electron chi connectivity index (χ4n) is 4.18. The first-order valence-corrected chi connectivity index (χ1v) is 11.5. The highest BCUT2D eigenvalue weighted by atomic mass is 79.9. The van der Waals surface area contributed by atoms with Crippen molar-refractivity contribution >= 4 is 21.8 Å². The average Bonchev–Trinajstić information content (AvgIpc) is 2.79. The summed E-state index contributed by atoms with van der Waals surface area (Å²) in [4.78, 5) is 17.7. The van der Waals surface area contributed by atoms with Crippen molar-refractivity contribution in [1.82, 2.24) is 9.80 Å². The summed E-state index contributed by atoms with van der Waals surface area (Å²) in [5.74, 6) is 1.38. The Bertz CT molecular complexity index is 846. The highest BCUT2D eigenvalue weighted by Gasteiger charge is 2.27. The lowest BCUT2D eigenvalue weighted by molar-refractivity contribution is 0.0242. The molecule has 6 heteroatoms. The van der Waals surface area contributed by atoms with E-state index in [0.29, 0.717) is 23.8 Å². The molecule has 2 aliphatic rings. The van der Waals surface area contributed by atoms with Crippen LogP contribution in [0.2, 0.25) is 0 Å². The number of hydrogen-bond donors (Lipinski definition) is 0. The van der Waals surface area contributed by atoms with Gasteiger partial charge in [-0.3, -0.25) is 9.69 Å². The van der Waals surface area contributed by atoms with Crippen LogP contribution in [0.1, 0.15) is 28.8 Å². The number of piperidine rings is 1. The molecule has 0 spiro atoms. The lowest BCUT2D eigenvalue weighted by Crippen LogP contribution is -2.44. The van der Waals surface area contributed by atoms with Crippen molar-refractivity contribution in [2.45, 2.75) is 19.4 Å². The maximum absolute atomic E-state index is 13.2. The molecule has 2 aromatic rings. The average molecular weight is 473 g/mol. The molecule has 2 aliphatic heterocycles. The molecule has 0 bridgehead atoms. The van der Waals surface area contributed by atoms with E-state index in [0.717, 1.165) is 68.8 Å². The Hall–Kier alpha value is -1.89. The number of rotatable bonds is 6. The molecule has 0 aliphatic carbocycles. The van der Waals surface area contributed by atoms with Crippen LogP contribution in [0.15, 0.2) is 53.0 Å². The van der Waals surface area contributed by atoms with Gasteiger partial charge in [0.15, 0.2) is 0 Å².